The zero-order valence-electron chi connectivity index (χ0n) is 14.5. The molecule has 2 fully saturated rings. The van der Waals surface area contributed by atoms with E-state index < -0.39 is 11.4 Å². The number of benzene rings is 1. The number of nitrogens with zero attached hydrogens (tertiary/aromatic N) is 3. The van der Waals surface area contributed by atoms with E-state index >= 15 is 0 Å². The predicted octanol–water partition coefficient (Wildman–Crippen LogP) is 3.45. The van der Waals surface area contributed by atoms with Crippen molar-refractivity contribution >= 4 is 33.7 Å². The zero-order chi connectivity index (χ0) is 18.4. The maximum atomic E-state index is 13.7. The SMILES string of the molecule is CC(C)(C)OC(=O)N1CCN2C(=O)N(c3cc(F)cc(Br)c3)CC2C1. The van der Waals surface area contributed by atoms with Crippen LogP contribution in [0.15, 0.2) is 22.7 Å². The molecule has 0 saturated carbocycles. The Balaban J connectivity index is 1.73. The number of urea groups is 1. The third kappa shape index (κ3) is 3.89. The molecule has 1 unspecified atom stereocenters. The molecule has 2 heterocycles. The van der Waals surface area contributed by atoms with Gasteiger partial charge in [-0.05, 0) is 39.0 Å². The zero-order valence-corrected chi connectivity index (χ0v) is 16.0. The van der Waals surface area contributed by atoms with E-state index in [2.05, 4.69) is 15.9 Å². The van der Waals surface area contributed by atoms with Gasteiger partial charge in [0.15, 0.2) is 0 Å². The Labute approximate surface area is 154 Å². The summed E-state index contributed by atoms with van der Waals surface area (Å²) in [6, 6.07) is 4.11. The highest BCUT2D eigenvalue weighted by molar-refractivity contribution is 9.10. The summed E-state index contributed by atoms with van der Waals surface area (Å²) < 4.78 is 19.6. The first-order valence-corrected chi connectivity index (χ1v) is 8.95. The van der Waals surface area contributed by atoms with E-state index in [1.54, 1.807) is 20.8 Å². The molecule has 8 heteroatoms. The van der Waals surface area contributed by atoms with Crippen LogP contribution in [0, 0.1) is 5.82 Å². The maximum absolute atomic E-state index is 13.7. The van der Waals surface area contributed by atoms with Crippen LogP contribution in [0.2, 0.25) is 0 Å². The number of carbonyl (C=O) groups excluding carboxylic acids is 2. The minimum Gasteiger partial charge on any atom is -0.444 e. The minimum atomic E-state index is -0.556. The quantitative estimate of drug-likeness (QED) is 0.708. The summed E-state index contributed by atoms with van der Waals surface area (Å²) >= 11 is 3.25. The third-order valence-corrected chi connectivity index (χ3v) is 4.62. The van der Waals surface area contributed by atoms with E-state index in [1.165, 1.54) is 12.1 Å². The lowest BCUT2D eigenvalue weighted by Gasteiger charge is -2.36. The summed E-state index contributed by atoms with van der Waals surface area (Å²) in [6.07, 6.45) is -0.369. The van der Waals surface area contributed by atoms with Crippen LogP contribution in [-0.2, 0) is 4.74 Å². The lowest BCUT2D eigenvalue weighted by molar-refractivity contribution is 0.0128. The van der Waals surface area contributed by atoms with Gasteiger partial charge in [-0.25, -0.2) is 14.0 Å². The molecule has 6 nitrogen and oxygen atoms in total. The fourth-order valence-electron chi connectivity index (χ4n) is 3.11. The smallest absolute Gasteiger partial charge is 0.410 e. The van der Waals surface area contributed by atoms with Crippen LogP contribution in [-0.4, -0.2) is 59.7 Å². The van der Waals surface area contributed by atoms with Gasteiger partial charge in [0.2, 0.25) is 0 Å². The Hall–Kier alpha value is -1.83. The van der Waals surface area contributed by atoms with E-state index in [9.17, 15) is 14.0 Å². The second-order valence-corrected chi connectivity index (χ2v) is 8.21. The fraction of sp³-hybridized carbons (Fsp3) is 0.529. The molecule has 2 saturated heterocycles. The number of piperazine rings is 1. The molecule has 0 N–H and O–H groups in total. The van der Waals surface area contributed by atoms with Gasteiger partial charge in [-0.1, -0.05) is 15.9 Å². The Bertz CT molecular complexity index is 687. The van der Waals surface area contributed by atoms with Gasteiger partial charge in [0, 0.05) is 36.3 Å². The lowest BCUT2D eigenvalue weighted by atomic mass is 10.2. The van der Waals surface area contributed by atoms with Crippen molar-refractivity contribution in [2.75, 3.05) is 31.1 Å². The molecule has 0 bridgehead atoms. The number of amides is 3. The number of carbonyl (C=O) groups is 2. The van der Waals surface area contributed by atoms with Gasteiger partial charge in [-0.3, -0.25) is 4.90 Å². The van der Waals surface area contributed by atoms with Crippen molar-refractivity contribution in [2.24, 2.45) is 0 Å². The Morgan fingerprint density at radius 1 is 1.24 bits per heavy atom. The van der Waals surface area contributed by atoms with Crippen LogP contribution in [0.1, 0.15) is 20.8 Å². The molecule has 0 radical (unpaired) electrons. The molecule has 25 heavy (non-hydrogen) atoms. The summed E-state index contributed by atoms with van der Waals surface area (Å²) in [7, 11) is 0. The van der Waals surface area contributed by atoms with Crippen LogP contribution >= 0.6 is 15.9 Å². The molecule has 2 aliphatic heterocycles. The van der Waals surface area contributed by atoms with Crippen LogP contribution in [0.4, 0.5) is 19.7 Å². The molecule has 0 aliphatic carbocycles. The van der Waals surface area contributed by atoms with Gasteiger partial charge < -0.3 is 14.5 Å². The summed E-state index contributed by atoms with van der Waals surface area (Å²) in [4.78, 5) is 29.8. The second-order valence-electron chi connectivity index (χ2n) is 7.29. The number of hydrogen-bond donors (Lipinski definition) is 0. The maximum Gasteiger partial charge on any atom is 0.410 e. The Morgan fingerprint density at radius 3 is 2.60 bits per heavy atom. The number of rotatable bonds is 1. The molecular weight excluding hydrogens is 393 g/mol. The van der Waals surface area contributed by atoms with Crippen molar-refractivity contribution in [1.29, 1.82) is 0 Å². The molecular formula is C17H21BrFN3O3. The predicted molar refractivity (Wildman–Crippen MR) is 95.1 cm³/mol. The van der Waals surface area contributed by atoms with Gasteiger partial charge >= 0.3 is 12.1 Å². The number of ether oxygens (including phenoxy) is 1. The second kappa shape index (κ2) is 6.48. The summed E-state index contributed by atoms with van der Waals surface area (Å²) in [5.74, 6) is -0.405. The van der Waals surface area contributed by atoms with Crippen molar-refractivity contribution < 1.29 is 18.7 Å². The Kier molecular flexibility index (Phi) is 4.66. The van der Waals surface area contributed by atoms with Crippen molar-refractivity contribution in [3.05, 3.63) is 28.5 Å². The van der Waals surface area contributed by atoms with Crippen molar-refractivity contribution in [1.82, 2.24) is 9.80 Å². The average Bonchev–Trinajstić information content (AvgIpc) is 2.81. The largest absolute Gasteiger partial charge is 0.444 e. The summed E-state index contributed by atoms with van der Waals surface area (Å²) in [5.41, 5.74) is -0.0466. The van der Waals surface area contributed by atoms with Gasteiger partial charge in [0.1, 0.15) is 11.4 Å². The van der Waals surface area contributed by atoms with Gasteiger partial charge in [-0.15, -0.1) is 0 Å². The lowest BCUT2D eigenvalue weighted by Crippen LogP contribution is -2.54. The van der Waals surface area contributed by atoms with Crippen molar-refractivity contribution in [3.8, 4) is 0 Å². The first-order chi connectivity index (χ1) is 11.6. The minimum absolute atomic E-state index is 0.129. The molecule has 2 aliphatic rings. The third-order valence-electron chi connectivity index (χ3n) is 4.16. The molecule has 0 spiro atoms. The first kappa shape index (κ1) is 18.0. The van der Waals surface area contributed by atoms with Gasteiger partial charge in [0.05, 0.1) is 6.04 Å². The van der Waals surface area contributed by atoms with Crippen LogP contribution in [0.25, 0.3) is 0 Å². The standard InChI is InChI=1S/C17H21BrFN3O3/c1-17(2,3)25-16(24)20-4-5-21-14(9-20)10-22(15(21)23)13-7-11(18)6-12(19)8-13/h6-8,14H,4-5,9-10H2,1-3H3. The molecule has 1 atom stereocenters. The number of hydrogen-bond acceptors (Lipinski definition) is 3. The van der Waals surface area contributed by atoms with E-state index in [1.807, 2.05) is 20.8 Å². The normalized spacial score (nSPS) is 20.8. The van der Waals surface area contributed by atoms with Crippen LogP contribution in [0.3, 0.4) is 0 Å². The van der Waals surface area contributed by atoms with Crippen molar-refractivity contribution in [2.45, 2.75) is 32.4 Å². The molecule has 3 amide bonds. The topological polar surface area (TPSA) is 53.1 Å². The van der Waals surface area contributed by atoms with Crippen LogP contribution < -0.4 is 4.90 Å². The Morgan fingerprint density at radius 2 is 1.96 bits per heavy atom. The molecule has 136 valence electrons. The van der Waals surface area contributed by atoms with Gasteiger partial charge in [-0.2, -0.15) is 0 Å². The number of anilines is 1. The highest BCUT2D eigenvalue weighted by atomic mass is 79.9. The summed E-state index contributed by atoms with van der Waals surface area (Å²) in [5, 5.41) is 0. The number of halogens is 2. The van der Waals surface area contributed by atoms with E-state index in [0.717, 1.165) is 0 Å². The van der Waals surface area contributed by atoms with E-state index in [-0.39, 0.29) is 18.2 Å². The first-order valence-electron chi connectivity index (χ1n) is 8.16. The van der Waals surface area contributed by atoms with Crippen LogP contribution in [0.5, 0.6) is 0 Å². The highest BCUT2D eigenvalue weighted by Gasteiger charge is 2.43. The number of fused-ring (bicyclic) bond motifs is 1. The average molecular weight is 414 g/mol. The van der Waals surface area contributed by atoms with E-state index in [0.29, 0.717) is 36.3 Å². The van der Waals surface area contributed by atoms with Crippen molar-refractivity contribution in [3.63, 3.8) is 0 Å². The highest BCUT2D eigenvalue weighted by Crippen LogP contribution is 2.29. The molecule has 0 aromatic heterocycles. The van der Waals surface area contributed by atoms with E-state index in [4.69, 9.17) is 4.74 Å². The fourth-order valence-corrected chi connectivity index (χ4v) is 3.56. The molecule has 1 aromatic rings. The molecule has 1 aromatic carbocycles. The monoisotopic (exact) mass is 413 g/mol. The van der Waals surface area contributed by atoms with Gasteiger partial charge in [0.25, 0.3) is 0 Å². The molecule has 3 rings (SSSR count). The summed E-state index contributed by atoms with van der Waals surface area (Å²) in [6.45, 7) is 7.16.